The molecule has 15 heteroatoms. The summed E-state index contributed by atoms with van der Waals surface area (Å²) < 4.78 is 119. The van der Waals surface area contributed by atoms with Gasteiger partial charge in [-0.15, -0.1) is 0 Å². The summed E-state index contributed by atoms with van der Waals surface area (Å²) in [5, 5.41) is 12.5. The molecule has 2 aromatic carbocycles. The SMILES string of the molecule is CC(=O)N1CCC(C(=O)N[C@H]2C[C@@](c3ccc(C(O)(C(F)(F)F)C(F)(F)F)cc3)(S(=O)(=O)c3ccc(F)cc3)C2)CC1. The summed E-state index contributed by atoms with van der Waals surface area (Å²) in [6.07, 6.45) is -12.0. The molecule has 1 aliphatic carbocycles. The topological polar surface area (TPSA) is 104 Å². The fourth-order valence-electron chi connectivity index (χ4n) is 5.57. The highest BCUT2D eigenvalue weighted by Crippen LogP contribution is 2.53. The number of piperidine rings is 1. The van der Waals surface area contributed by atoms with Gasteiger partial charge < -0.3 is 15.3 Å². The maximum absolute atomic E-state index is 13.8. The Morgan fingerprint density at radius 3 is 1.86 bits per heavy atom. The summed E-state index contributed by atoms with van der Waals surface area (Å²) in [5.74, 6) is -1.67. The van der Waals surface area contributed by atoms with Crippen molar-refractivity contribution in [1.29, 1.82) is 0 Å². The van der Waals surface area contributed by atoms with E-state index in [2.05, 4.69) is 5.32 Å². The van der Waals surface area contributed by atoms with E-state index in [1.54, 1.807) is 4.90 Å². The molecular weight excluding hydrogens is 597 g/mol. The number of carbonyl (C=O) groups is 2. The minimum absolute atomic E-state index is 0.126. The fraction of sp³-hybridized carbons (Fsp3) is 0.481. The van der Waals surface area contributed by atoms with E-state index in [-0.39, 0.29) is 35.1 Å². The molecular formula is C27H27F7N2O5S. The quantitative estimate of drug-likeness (QED) is 0.368. The molecule has 2 amide bonds. The van der Waals surface area contributed by atoms with Crippen molar-refractivity contribution in [3.05, 3.63) is 65.5 Å². The normalized spacial score (nSPS) is 22.4. The number of alkyl halides is 6. The van der Waals surface area contributed by atoms with Crippen molar-refractivity contribution >= 4 is 21.7 Å². The minimum atomic E-state index is -6.13. The van der Waals surface area contributed by atoms with Gasteiger partial charge in [-0.3, -0.25) is 9.59 Å². The Bertz CT molecular complexity index is 1410. The molecule has 1 saturated carbocycles. The van der Waals surface area contributed by atoms with Gasteiger partial charge in [-0.05, 0) is 55.5 Å². The average molecular weight is 625 g/mol. The summed E-state index contributed by atoms with van der Waals surface area (Å²) in [5.41, 5.74) is -6.92. The molecule has 42 heavy (non-hydrogen) atoms. The van der Waals surface area contributed by atoms with E-state index in [0.29, 0.717) is 38.1 Å². The largest absolute Gasteiger partial charge is 0.430 e. The molecule has 0 bridgehead atoms. The first-order chi connectivity index (χ1) is 19.3. The van der Waals surface area contributed by atoms with Crippen LogP contribution in [-0.4, -0.2) is 61.7 Å². The van der Waals surface area contributed by atoms with Crippen molar-refractivity contribution in [2.24, 2.45) is 5.92 Å². The van der Waals surface area contributed by atoms with Gasteiger partial charge in [0, 0.05) is 37.5 Å². The van der Waals surface area contributed by atoms with Crippen molar-refractivity contribution in [3.8, 4) is 0 Å². The number of likely N-dealkylation sites (tertiary alicyclic amines) is 1. The minimum Gasteiger partial charge on any atom is -0.369 e. The zero-order chi connectivity index (χ0) is 31.3. The number of nitrogens with zero attached hydrogens (tertiary/aromatic N) is 1. The predicted octanol–water partition coefficient (Wildman–Crippen LogP) is 4.34. The molecule has 0 aromatic heterocycles. The van der Waals surface area contributed by atoms with E-state index in [1.165, 1.54) is 6.92 Å². The third-order valence-corrected chi connectivity index (χ3v) is 10.6. The highest BCUT2D eigenvalue weighted by atomic mass is 32.2. The van der Waals surface area contributed by atoms with Crippen molar-refractivity contribution in [3.63, 3.8) is 0 Å². The Hall–Kier alpha value is -3.20. The van der Waals surface area contributed by atoms with E-state index in [4.69, 9.17) is 0 Å². The molecule has 0 radical (unpaired) electrons. The van der Waals surface area contributed by atoms with E-state index in [1.807, 2.05) is 0 Å². The Labute approximate surface area is 236 Å². The Morgan fingerprint density at radius 1 is 0.905 bits per heavy atom. The number of hydrogen-bond donors (Lipinski definition) is 2. The number of nitrogens with one attached hydrogen (secondary N) is 1. The first-order valence-electron chi connectivity index (χ1n) is 12.9. The lowest BCUT2D eigenvalue weighted by Gasteiger charge is -2.48. The van der Waals surface area contributed by atoms with Crippen molar-refractivity contribution < 1.29 is 53.8 Å². The van der Waals surface area contributed by atoms with Gasteiger partial charge in [0.1, 0.15) is 10.6 Å². The van der Waals surface area contributed by atoms with Gasteiger partial charge in [0.25, 0.3) is 5.60 Å². The highest BCUT2D eigenvalue weighted by Gasteiger charge is 2.71. The van der Waals surface area contributed by atoms with Crippen LogP contribution in [0.4, 0.5) is 30.7 Å². The molecule has 0 atom stereocenters. The maximum atomic E-state index is 13.8. The third kappa shape index (κ3) is 5.36. The molecule has 1 saturated heterocycles. The summed E-state index contributed by atoms with van der Waals surface area (Å²) in [6, 6.07) is 5.33. The molecule has 7 nitrogen and oxygen atoms in total. The average Bonchev–Trinajstić information content (AvgIpc) is 2.89. The summed E-state index contributed by atoms with van der Waals surface area (Å²) in [7, 11) is -4.42. The number of hydrogen-bond acceptors (Lipinski definition) is 5. The summed E-state index contributed by atoms with van der Waals surface area (Å²) in [6.45, 7) is 2.15. The monoisotopic (exact) mass is 624 g/mol. The Morgan fingerprint density at radius 2 is 1.40 bits per heavy atom. The molecule has 2 N–H and O–H groups in total. The van der Waals surface area contributed by atoms with Gasteiger partial charge in [0.05, 0.1) is 4.90 Å². The lowest BCUT2D eigenvalue weighted by Crippen LogP contribution is -2.58. The van der Waals surface area contributed by atoms with Crippen LogP contribution in [0.2, 0.25) is 0 Å². The van der Waals surface area contributed by atoms with Crippen LogP contribution in [0.15, 0.2) is 53.4 Å². The van der Waals surface area contributed by atoms with Gasteiger partial charge >= 0.3 is 12.4 Å². The van der Waals surface area contributed by atoms with Crippen LogP contribution < -0.4 is 5.32 Å². The smallest absolute Gasteiger partial charge is 0.369 e. The predicted molar refractivity (Wildman–Crippen MR) is 134 cm³/mol. The molecule has 2 aromatic rings. The Kier molecular flexibility index (Phi) is 8.17. The number of rotatable bonds is 6. The van der Waals surface area contributed by atoms with Crippen molar-refractivity contribution in [2.45, 2.75) is 66.2 Å². The van der Waals surface area contributed by atoms with Crippen LogP contribution in [0.1, 0.15) is 43.7 Å². The lowest BCUT2D eigenvalue weighted by molar-refractivity contribution is -0.376. The molecule has 2 fully saturated rings. The number of aliphatic hydroxyl groups is 1. The van der Waals surface area contributed by atoms with Crippen LogP contribution in [0, 0.1) is 11.7 Å². The van der Waals surface area contributed by atoms with Gasteiger partial charge in [0.15, 0.2) is 9.84 Å². The van der Waals surface area contributed by atoms with Crippen LogP contribution in [0.25, 0.3) is 0 Å². The molecule has 0 unspecified atom stereocenters. The van der Waals surface area contributed by atoms with Crippen LogP contribution in [0.5, 0.6) is 0 Å². The zero-order valence-electron chi connectivity index (χ0n) is 22.1. The van der Waals surface area contributed by atoms with Gasteiger partial charge in [0.2, 0.25) is 11.8 Å². The van der Waals surface area contributed by atoms with E-state index >= 15 is 0 Å². The van der Waals surface area contributed by atoms with Crippen LogP contribution >= 0.6 is 0 Å². The van der Waals surface area contributed by atoms with Gasteiger partial charge in [-0.25, -0.2) is 12.8 Å². The van der Waals surface area contributed by atoms with Crippen LogP contribution in [0.3, 0.4) is 0 Å². The van der Waals surface area contributed by atoms with E-state index in [9.17, 15) is 53.8 Å². The fourth-order valence-corrected chi connectivity index (χ4v) is 7.80. The molecule has 2 aliphatic rings. The summed E-state index contributed by atoms with van der Waals surface area (Å²) in [4.78, 5) is 25.7. The highest BCUT2D eigenvalue weighted by molar-refractivity contribution is 7.92. The van der Waals surface area contributed by atoms with Crippen molar-refractivity contribution in [2.75, 3.05) is 13.1 Å². The number of halogens is 7. The van der Waals surface area contributed by atoms with Crippen molar-refractivity contribution in [1.82, 2.24) is 10.2 Å². The molecule has 230 valence electrons. The second-order valence-corrected chi connectivity index (χ2v) is 12.9. The van der Waals surface area contributed by atoms with Gasteiger partial charge in [-0.1, -0.05) is 24.3 Å². The first-order valence-corrected chi connectivity index (χ1v) is 14.3. The molecule has 0 spiro atoms. The lowest BCUT2D eigenvalue weighted by atomic mass is 9.74. The van der Waals surface area contributed by atoms with Crippen LogP contribution in [-0.2, 0) is 29.8 Å². The first kappa shape index (κ1) is 31.7. The van der Waals surface area contributed by atoms with E-state index < -0.39 is 55.9 Å². The standard InChI is InChI=1S/C27H27F7N2O5S/c1-16(37)36-12-10-17(11-13-36)23(38)35-21-14-24(15-21,42(40,41)22-8-6-20(28)7-9-22)18-2-4-19(5-3-18)25(39,26(29,30)31)27(32,33)34/h2-9,17,21,39H,10-15H2,1H3,(H,35,38)/t21-,24+. The molecule has 1 heterocycles. The number of benzene rings is 2. The van der Waals surface area contributed by atoms with E-state index in [0.717, 1.165) is 36.4 Å². The summed E-state index contributed by atoms with van der Waals surface area (Å²) >= 11 is 0. The van der Waals surface area contributed by atoms with Gasteiger partial charge in [-0.2, -0.15) is 26.3 Å². The number of amides is 2. The zero-order valence-corrected chi connectivity index (χ0v) is 22.9. The molecule has 1 aliphatic heterocycles. The second kappa shape index (κ2) is 10.8. The maximum Gasteiger partial charge on any atom is 0.430 e. The Balaban J connectivity index is 1.64. The number of sulfone groups is 1. The molecule has 4 rings (SSSR count). The second-order valence-electron chi connectivity index (χ2n) is 10.6. The number of carbonyl (C=O) groups excluding carboxylic acids is 2. The third-order valence-electron chi connectivity index (χ3n) is 8.10.